The van der Waals surface area contributed by atoms with Crippen LogP contribution >= 0.6 is 0 Å². The van der Waals surface area contributed by atoms with Gasteiger partial charge in [0.15, 0.2) is 17.5 Å². The van der Waals surface area contributed by atoms with Crippen LogP contribution in [0.25, 0.3) is 0 Å². The summed E-state index contributed by atoms with van der Waals surface area (Å²) in [6.07, 6.45) is 1.85. The third kappa shape index (κ3) is 7.54. The molecular formula is C20H33N3O4. The van der Waals surface area contributed by atoms with Crippen LogP contribution in [-0.4, -0.2) is 50.7 Å². The summed E-state index contributed by atoms with van der Waals surface area (Å²) in [5.74, 6) is 4.00. The van der Waals surface area contributed by atoms with Gasteiger partial charge in [-0.3, -0.25) is 4.99 Å². The van der Waals surface area contributed by atoms with E-state index >= 15 is 0 Å². The number of nitrogens with one attached hydrogen (secondary N) is 2. The Morgan fingerprint density at radius 2 is 2.07 bits per heavy atom. The number of aliphatic imine (C=N–C) groups is 1. The van der Waals surface area contributed by atoms with Crippen molar-refractivity contribution in [3.8, 4) is 17.2 Å². The quantitative estimate of drug-likeness (QED) is 0.311. The molecule has 3 N–H and O–H groups in total. The van der Waals surface area contributed by atoms with Gasteiger partial charge in [0.1, 0.15) is 12.4 Å². The fourth-order valence-corrected chi connectivity index (χ4v) is 3.00. The Labute approximate surface area is 162 Å². The van der Waals surface area contributed by atoms with Gasteiger partial charge in [0.05, 0.1) is 6.54 Å². The topological polar surface area (TPSA) is 84.3 Å². The van der Waals surface area contributed by atoms with Crippen LogP contribution in [0.4, 0.5) is 0 Å². The zero-order valence-electron chi connectivity index (χ0n) is 16.7. The summed E-state index contributed by atoms with van der Waals surface area (Å²) in [5.41, 5.74) is 0. The van der Waals surface area contributed by atoms with Gasteiger partial charge < -0.3 is 30.0 Å². The zero-order chi connectivity index (χ0) is 19.5. The van der Waals surface area contributed by atoms with Crippen molar-refractivity contribution in [3.05, 3.63) is 18.2 Å². The summed E-state index contributed by atoms with van der Waals surface area (Å²) in [5, 5.41) is 15.8. The minimum absolute atomic E-state index is 0.209. The number of hydrogen-bond acceptors (Lipinski definition) is 5. The van der Waals surface area contributed by atoms with Gasteiger partial charge in [0.2, 0.25) is 6.79 Å². The lowest BCUT2D eigenvalue weighted by molar-refractivity contribution is 0.173. The van der Waals surface area contributed by atoms with Gasteiger partial charge in [0, 0.05) is 25.8 Å². The molecule has 0 radical (unpaired) electrons. The maximum absolute atomic E-state index is 9.25. The van der Waals surface area contributed by atoms with Crippen LogP contribution in [0, 0.1) is 11.8 Å². The van der Waals surface area contributed by atoms with E-state index < -0.39 is 0 Å². The lowest BCUT2D eigenvalue weighted by Gasteiger charge is -2.17. The van der Waals surface area contributed by atoms with Crippen molar-refractivity contribution >= 4 is 5.96 Å². The van der Waals surface area contributed by atoms with E-state index in [2.05, 4.69) is 29.5 Å². The summed E-state index contributed by atoms with van der Waals surface area (Å²) < 4.78 is 16.4. The molecule has 0 saturated heterocycles. The summed E-state index contributed by atoms with van der Waals surface area (Å²) in [7, 11) is 0. The number of hydrogen-bond donors (Lipinski definition) is 3. The lowest BCUT2D eigenvalue weighted by Crippen LogP contribution is -2.39. The normalized spacial score (nSPS) is 14.3. The first-order chi connectivity index (χ1) is 13.1. The van der Waals surface area contributed by atoms with Crippen LogP contribution in [0.2, 0.25) is 0 Å². The second-order valence-corrected chi connectivity index (χ2v) is 7.02. The van der Waals surface area contributed by atoms with E-state index in [1.165, 1.54) is 0 Å². The SMILES string of the molecule is CCNC(=NCC(CCO)CC(C)C)NCCOc1ccc2c(c1)OCO2. The number of aliphatic hydroxyl groups excluding tert-OH is 1. The highest BCUT2D eigenvalue weighted by Crippen LogP contribution is 2.34. The van der Waals surface area contributed by atoms with Crippen molar-refractivity contribution in [1.82, 2.24) is 10.6 Å². The van der Waals surface area contributed by atoms with E-state index in [4.69, 9.17) is 14.2 Å². The number of ether oxygens (including phenoxy) is 3. The van der Waals surface area contributed by atoms with Gasteiger partial charge in [0.25, 0.3) is 0 Å². The van der Waals surface area contributed by atoms with Crippen LogP contribution in [-0.2, 0) is 0 Å². The average molecular weight is 380 g/mol. The number of fused-ring (bicyclic) bond motifs is 1. The minimum atomic E-state index is 0.209. The molecule has 1 atom stereocenters. The molecule has 0 fully saturated rings. The second-order valence-electron chi connectivity index (χ2n) is 7.02. The van der Waals surface area contributed by atoms with Crippen molar-refractivity contribution in [2.45, 2.75) is 33.6 Å². The fraction of sp³-hybridized carbons (Fsp3) is 0.650. The highest BCUT2D eigenvalue weighted by molar-refractivity contribution is 5.79. The Kier molecular flexibility index (Phi) is 9.04. The van der Waals surface area contributed by atoms with Gasteiger partial charge in [-0.2, -0.15) is 0 Å². The molecule has 1 aromatic carbocycles. The summed E-state index contributed by atoms with van der Waals surface area (Å²) >= 11 is 0. The van der Waals surface area contributed by atoms with E-state index in [1.807, 2.05) is 25.1 Å². The van der Waals surface area contributed by atoms with Gasteiger partial charge in [-0.1, -0.05) is 13.8 Å². The molecule has 27 heavy (non-hydrogen) atoms. The third-order valence-corrected chi connectivity index (χ3v) is 4.20. The molecule has 1 heterocycles. The molecule has 0 spiro atoms. The van der Waals surface area contributed by atoms with Crippen LogP contribution in [0.1, 0.15) is 33.6 Å². The molecule has 2 rings (SSSR count). The summed E-state index contributed by atoms with van der Waals surface area (Å²) in [6, 6.07) is 5.57. The molecule has 1 aliphatic rings. The van der Waals surface area contributed by atoms with E-state index in [0.717, 1.165) is 42.6 Å². The number of nitrogens with zero attached hydrogens (tertiary/aromatic N) is 1. The van der Waals surface area contributed by atoms with Gasteiger partial charge in [-0.25, -0.2) is 0 Å². The molecule has 0 amide bonds. The first-order valence-electron chi connectivity index (χ1n) is 9.77. The number of guanidine groups is 1. The van der Waals surface area contributed by atoms with E-state index in [-0.39, 0.29) is 13.4 Å². The first kappa shape index (κ1) is 21.2. The van der Waals surface area contributed by atoms with E-state index in [0.29, 0.717) is 31.5 Å². The molecule has 0 aliphatic carbocycles. The molecule has 7 nitrogen and oxygen atoms in total. The Bertz CT molecular complexity index is 593. The molecule has 0 bridgehead atoms. The average Bonchev–Trinajstić information content (AvgIpc) is 3.10. The maximum Gasteiger partial charge on any atom is 0.231 e. The van der Waals surface area contributed by atoms with Gasteiger partial charge in [-0.05, 0) is 43.7 Å². The molecule has 152 valence electrons. The third-order valence-electron chi connectivity index (χ3n) is 4.20. The van der Waals surface area contributed by atoms with Gasteiger partial charge in [-0.15, -0.1) is 0 Å². The van der Waals surface area contributed by atoms with E-state index in [9.17, 15) is 5.11 Å². The Hall–Kier alpha value is -2.15. The Morgan fingerprint density at radius 1 is 1.26 bits per heavy atom. The fourth-order valence-electron chi connectivity index (χ4n) is 3.00. The molecule has 0 aromatic heterocycles. The number of aliphatic hydroxyl groups is 1. The highest BCUT2D eigenvalue weighted by atomic mass is 16.7. The Balaban J connectivity index is 1.77. The standard InChI is InChI=1S/C20H33N3O4/c1-4-21-20(23-13-16(7-9-24)11-15(2)3)22-8-10-25-17-5-6-18-19(12-17)27-14-26-18/h5-6,12,15-16,24H,4,7-11,13-14H2,1-3H3,(H2,21,22,23). The van der Waals surface area contributed by atoms with E-state index in [1.54, 1.807) is 0 Å². The molecule has 1 aromatic rings. The zero-order valence-corrected chi connectivity index (χ0v) is 16.7. The lowest BCUT2D eigenvalue weighted by atomic mass is 9.94. The van der Waals surface area contributed by atoms with Crippen LogP contribution in [0.3, 0.4) is 0 Å². The molecule has 0 saturated carbocycles. The monoisotopic (exact) mass is 379 g/mol. The largest absolute Gasteiger partial charge is 0.492 e. The van der Waals surface area contributed by atoms with Gasteiger partial charge >= 0.3 is 0 Å². The summed E-state index contributed by atoms with van der Waals surface area (Å²) in [4.78, 5) is 4.67. The second kappa shape index (κ2) is 11.5. The Morgan fingerprint density at radius 3 is 2.81 bits per heavy atom. The minimum Gasteiger partial charge on any atom is -0.492 e. The first-order valence-corrected chi connectivity index (χ1v) is 9.77. The van der Waals surface area contributed by atoms with Crippen molar-refractivity contribution in [1.29, 1.82) is 0 Å². The molecule has 7 heteroatoms. The maximum atomic E-state index is 9.25. The number of benzene rings is 1. The smallest absolute Gasteiger partial charge is 0.231 e. The summed E-state index contributed by atoms with van der Waals surface area (Å²) in [6.45, 7) is 9.55. The highest BCUT2D eigenvalue weighted by Gasteiger charge is 2.14. The predicted molar refractivity (Wildman–Crippen MR) is 107 cm³/mol. The molecule has 1 unspecified atom stereocenters. The number of rotatable bonds is 11. The van der Waals surface area contributed by atoms with Crippen molar-refractivity contribution < 1.29 is 19.3 Å². The van der Waals surface area contributed by atoms with Crippen molar-refractivity contribution in [2.75, 3.05) is 39.6 Å². The van der Waals surface area contributed by atoms with Crippen molar-refractivity contribution in [2.24, 2.45) is 16.8 Å². The molecule has 1 aliphatic heterocycles. The van der Waals surface area contributed by atoms with Crippen LogP contribution in [0.15, 0.2) is 23.2 Å². The van der Waals surface area contributed by atoms with Crippen LogP contribution in [0.5, 0.6) is 17.2 Å². The predicted octanol–water partition coefficient (Wildman–Crippen LogP) is 2.39. The van der Waals surface area contributed by atoms with Crippen molar-refractivity contribution in [3.63, 3.8) is 0 Å². The molecular weight excluding hydrogens is 346 g/mol. The van der Waals surface area contributed by atoms with Crippen LogP contribution < -0.4 is 24.8 Å².